The molecule has 2 heterocycles. The first-order valence-corrected chi connectivity index (χ1v) is 6.34. The van der Waals surface area contributed by atoms with E-state index in [0.717, 1.165) is 10.2 Å². The zero-order chi connectivity index (χ0) is 12.5. The number of hydrogen-bond donors (Lipinski definition) is 1. The molecule has 0 saturated heterocycles. The number of pyridine rings is 1. The van der Waals surface area contributed by atoms with E-state index in [1.807, 2.05) is 18.2 Å². The van der Waals surface area contributed by atoms with Crippen molar-refractivity contribution >= 4 is 38.3 Å². The number of thiazole rings is 1. The summed E-state index contributed by atoms with van der Waals surface area (Å²) in [7, 11) is 0. The van der Waals surface area contributed by atoms with Gasteiger partial charge < -0.3 is 10.5 Å². The third kappa shape index (κ3) is 2.23. The van der Waals surface area contributed by atoms with Gasteiger partial charge in [0.05, 0.1) is 21.4 Å². The molecule has 0 atom stereocenters. The van der Waals surface area contributed by atoms with Crippen LogP contribution in [0.5, 0.6) is 11.5 Å². The second kappa shape index (κ2) is 4.44. The number of nitrogens with two attached hydrogens (primary N) is 1. The molecule has 2 aromatic heterocycles. The van der Waals surface area contributed by atoms with Gasteiger partial charge in [-0.2, -0.15) is 0 Å². The van der Waals surface area contributed by atoms with Crippen LogP contribution in [0.1, 0.15) is 0 Å². The Bertz CT molecular complexity index is 713. The van der Waals surface area contributed by atoms with Crippen molar-refractivity contribution in [1.29, 1.82) is 0 Å². The molecule has 90 valence electrons. The Morgan fingerprint density at radius 1 is 1.17 bits per heavy atom. The molecule has 0 aliphatic carbocycles. The maximum Gasteiger partial charge on any atom is 0.181 e. The molecule has 0 saturated carbocycles. The van der Waals surface area contributed by atoms with Crippen LogP contribution >= 0.6 is 22.9 Å². The second-order valence-electron chi connectivity index (χ2n) is 3.62. The molecular formula is C12H8ClN3OS. The number of benzene rings is 1. The van der Waals surface area contributed by atoms with Crippen molar-refractivity contribution in [3.8, 4) is 11.5 Å². The van der Waals surface area contributed by atoms with Gasteiger partial charge in [-0.15, -0.1) is 0 Å². The smallest absolute Gasteiger partial charge is 0.181 e. The molecule has 3 rings (SSSR count). The lowest BCUT2D eigenvalue weighted by molar-refractivity contribution is 0.481. The average Bonchev–Trinajstić information content (AvgIpc) is 2.68. The van der Waals surface area contributed by atoms with E-state index in [1.54, 1.807) is 18.5 Å². The van der Waals surface area contributed by atoms with E-state index in [-0.39, 0.29) is 0 Å². The summed E-state index contributed by atoms with van der Waals surface area (Å²) < 4.78 is 6.65. The number of rotatable bonds is 2. The van der Waals surface area contributed by atoms with Crippen molar-refractivity contribution in [2.75, 3.05) is 5.73 Å². The lowest BCUT2D eigenvalue weighted by Crippen LogP contribution is -1.85. The number of hydrogen-bond acceptors (Lipinski definition) is 5. The van der Waals surface area contributed by atoms with Gasteiger partial charge in [0.2, 0.25) is 0 Å². The van der Waals surface area contributed by atoms with Crippen LogP contribution in [-0.4, -0.2) is 9.97 Å². The zero-order valence-electron chi connectivity index (χ0n) is 9.13. The Balaban J connectivity index is 1.94. The third-order valence-electron chi connectivity index (χ3n) is 2.29. The molecule has 1 aromatic carbocycles. The first-order chi connectivity index (χ1) is 8.70. The molecule has 0 amide bonds. The quantitative estimate of drug-likeness (QED) is 0.775. The van der Waals surface area contributed by atoms with E-state index in [2.05, 4.69) is 9.97 Å². The highest BCUT2D eigenvalue weighted by Gasteiger charge is 2.04. The summed E-state index contributed by atoms with van der Waals surface area (Å²) in [5.74, 6) is 1.30. The Labute approximate surface area is 112 Å². The van der Waals surface area contributed by atoms with E-state index in [1.165, 1.54) is 11.3 Å². The van der Waals surface area contributed by atoms with Crippen LogP contribution < -0.4 is 10.5 Å². The Hall–Kier alpha value is -1.85. The molecule has 0 spiro atoms. The molecule has 0 aliphatic heterocycles. The summed E-state index contributed by atoms with van der Waals surface area (Å²) in [5.41, 5.74) is 6.52. The number of ether oxygens (including phenoxy) is 1. The van der Waals surface area contributed by atoms with Gasteiger partial charge in [0.1, 0.15) is 11.5 Å². The van der Waals surface area contributed by atoms with Crippen molar-refractivity contribution in [3.63, 3.8) is 0 Å². The minimum Gasteiger partial charge on any atom is -0.456 e. The van der Waals surface area contributed by atoms with Gasteiger partial charge >= 0.3 is 0 Å². The Morgan fingerprint density at radius 2 is 2.06 bits per heavy atom. The molecule has 4 nitrogen and oxygen atoms in total. The lowest BCUT2D eigenvalue weighted by Gasteiger charge is -2.04. The van der Waals surface area contributed by atoms with Crippen molar-refractivity contribution in [2.24, 2.45) is 0 Å². The van der Waals surface area contributed by atoms with Crippen molar-refractivity contribution in [1.82, 2.24) is 9.97 Å². The van der Waals surface area contributed by atoms with E-state index < -0.39 is 0 Å². The predicted octanol–water partition coefficient (Wildman–Crippen LogP) is 3.72. The highest BCUT2D eigenvalue weighted by Crippen LogP contribution is 2.30. The predicted molar refractivity (Wildman–Crippen MR) is 73.4 cm³/mol. The van der Waals surface area contributed by atoms with Gasteiger partial charge in [-0.25, -0.2) is 4.98 Å². The first kappa shape index (κ1) is 11.3. The summed E-state index contributed by atoms with van der Waals surface area (Å²) in [6, 6.07) is 7.31. The molecule has 2 N–H and O–H groups in total. The van der Waals surface area contributed by atoms with Crippen molar-refractivity contribution in [3.05, 3.63) is 41.7 Å². The summed E-state index contributed by atoms with van der Waals surface area (Å²) in [6.45, 7) is 0. The Morgan fingerprint density at radius 3 is 2.89 bits per heavy atom. The first-order valence-electron chi connectivity index (χ1n) is 5.15. The van der Waals surface area contributed by atoms with Crippen LogP contribution in [0.3, 0.4) is 0 Å². The van der Waals surface area contributed by atoms with E-state index in [4.69, 9.17) is 22.1 Å². The van der Waals surface area contributed by atoms with Gasteiger partial charge in [0, 0.05) is 18.3 Å². The molecule has 18 heavy (non-hydrogen) atoms. The second-order valence-corrected chi connectivity index (χ2v) is 5.12. The molecular weight excluding hydrogens is 270 g/mol. The molecule has 0 bridgehead atoms. The maximum atomic E-state index is 5.84. The number of fused-ring (bicyclic) bond motifs is 1. The van der Waals surface area contributed by atoms with Crippen LogP contribution in [0.15, 0.2) is 36.7 Å². The molecule has 0 unspecified atom stereocenters. The summed E-state index contributed by atoms with van der Waals surface area (Å²) in [5, 5.41) is 1.09. The molecule has 0 aliphatic rings. The molecule has 6 heteroatoms. The van der Waals surface area contributed by atoms with Crippen LogP contribution in [0.4, 0.5) is 5.13 Å². The number of nitrogen functional groups attached to an aromatic ring is 1. The number of halogens is 1. The van der Waals surface area contributed by atoms with Crippen LogP contribution in [-0.2, 0) is 0 Å². The summed E-state index contributed by atoms with van der Waals surface area (Å²) in [4.78, 5) is 8.14. The van der Waals surface area contributed by atoms with Gasteiger partial charge in [0.15, 0.2) is 5.13 Å². The zero-order valence-corrected chi connectivity index (χ0v) is 10.7. The van der Waals surface area contributed by atoms with Gasteiger partial charge in [-0.05, 0) is 12.1 Å². The maximum absolute atomic E-state index is 5.84. The Kier molecular flexibility index (Phi) is 2.77. The highest BCUT2D eigenvalue weighted by molar-refractivity contribution is 7.22. The van der Waals surface area contributed by atoms with Crippen molar-refractivity contribution in [2.45, 2.75) is 0 Å². The minimum atomic E-state index is 0.538. The summed E-state index contributed by atoms with van der Waals surface area (Å²) in [6.07, 6.45) is 3.17. The van der Waals surface area contributed by atoms with Gasteiger partial charge in [0.25, 0.3) is 0 Å². The number of aromatic nitrogens is 2. The molecule has 0 fully saturated rings. The standard InChI is InChI=1S/C12H8ClN3OS/c13-7-3-9(6-15-5-7)17-8-1-2-10-11(4-8)18-12(14)16-10/h1-6H,(H2,14,16). The van der Waals surface area contributed by atoms with Gasteiger partial charge in [-0.3, -0.25) is 4.98 Å². The highest BCUT2D eigenvalue weighted by atomic mass is 35.5. The van der Waals surface area contributed by atoms with Crippen LogP contribution in [0, 0.1) is 0 Å². The third-order valence-corrected chi connectivity index (χ3v) is 3.35. The minimum absolute atomic E-state index is 0.538. The van der Waals surface area contributed by atoms with Crippen molar-refractivity contribution < 1.29 is 4.74 Å². The fraction of sp³-hybridized carbons (Fsp3) is 0. The topological polar surface area (TPSA) is 61.0 Å². The number of nitrogens with zero attached hydrogens (tertiary/aromatic N) is 2. The molecule has 3 aromatic rings. The SMILES string of the molecule is Nc1nc2ccc(Oc3cncc(Cl)c3)cc2s1. The van der Waals surface area contributed by atoms with Crippen LogP contribution in [0.25, 0.3) is 10.2 Å². The van der Waals surface area contributed by atoms with E-state index in [0.29, 0.717) is 21.7 Å². The fourth-order valence-electron chi connectivity index (χ4n) is 1.57. The summed E-state index contributed by atoms with van der Waals surface area (Å²) >= 11 is 7.27. The lowest BCUT2D eigenvalue weighted by atomic mass is 10.3. The average molecular weight is 278 g/mol. The normalized spacial score (nSPS) is 10.7. The fourth-order valence-corrected chi connectivity index (χ4v) is 2.50. The largest absolute Gasteiger partial charge is 0.456 e. The van der Waals surface area contributed by atoms with Gasteiger partial charge in [-0.1, -0.05) is 22.9 Å². The van der Waals surface area contributed by atoms with E-state index >= 15 is 0 Å². The van der Waals surface area contributed by atoms with Crippen LogP contribution in [0.2, 0.25) is 5.02 Å². The molecule has 0 radical (unpaired) electrons. The number of anilines is 1. The monoisotopic (exact) mass is 277 g/mol. The van der Waals surface area contributed by atoms with E-state index in [9.17, 15) is 0 Å².